The minimum atomic E-state index is 0.901. The van der Waals surface area contributed by atoms with Gasteiger partial charge < -0.3 is 9.15 Å². The summed E-state index contributed by atoms with van der Waals surface area (Å²) in [5.74, 6) is 0. The third kappa shape index (κ3) is 1.43. The largest absolute Gasteiger partial charge is 0.504 e. The van der Waals surface area contributed by atoms with E-state index in [-0.39, 0.29) is 0 Å². The molecule has 0 fully saturated rings. The van der Waals surface area contributed by atoms with E-state index in [0.29, 0.717) is 0 Å². The Labute approximate surface area is 76.4 Å². The SMILES string of the molecule is CO/C=C/c1coc2ccccc12. The third-order valence-electron chi connectivity index (χ3n) is 1.89. The normalized spacial score (nSPS) is 11.2. The highest BCUT2D eigenvalue weighted by Crippen LogP contribution is 2.21. The molecule has 0 aliphatic carbocycles. The molecule has 1 aromatic heterocycles. The Morgan fingerprint density at radius 1 is 1.31 bits per heavy atom. The number of furan rings is 1. The molecule has 66 valence electrons. The standard InChI is InChI=1S/C11H10O2/c1-12-7-6-9-8-13-11-5-3-2-4-10(9)11/h2-8H,1H3/b7-6+. The minimum Gasteiger partial charge on any atom is -0.504 e. The van der Waals surface area contributed by atoms with Crippen molar-refractivity contribution in [2.24, 2.45) is 0 Å². The van der Waals surface area contributed by atoms with E-state index in [1.165, 1.54) is 0 Å². The van der Waals surface area contributed by atoms with Gasteiger partial charge in [0.05, 0.1) is 19.6 Å². The molecule has 0 amide bonds. The number of fused-ring (bicyclic) bond motifs is 1. The highest BCUT2D eigenvalue weighted by molar-refractivity contribution is 5.86. The number of benzene rings is 1. The van der Waals surface area contributed by atoms with Crippen LogP contribution in [0.5, 0.6) is 0 Å². The molecule has 0 spiro atoms. The molecule has 0 unspecified atom stereocenters. The van der Waals surface area contributed by atoms with Gasteiger partial charge >= 0.3 is 0 Å². The lowest BCUT2D eigenvalue weighted by atomic mass is 10.2. The zero-order valence-corrected chi connectivity index (χ0v) is 7.36. The van der Waals surface area contributed by atoms with Gasteiger partial charge in [-0.05, 0) is 12.1 Å². The van der Waals surface area contributed by atoms with Crippen LogP contribution in [0, 0.1) is 0 Å². The minimum absolute atomic E-state index is 0.901. The summed E-state index contributed by atoms with van der Waals surface area (Å²) in [6, 6.07) is 7.91. The summed E-state index contributed by atoms with van der Waals surface area (Å²) in [4.78, 5) is 0. The molecule has 2 nitrogen and oxygen atoms in total. The molecule has 0 radical (unpaired) electrons. The molecule has 13 heavy (non-hydrogen) atoms. The molecule has 0 saturated heterocycles. The van der Waals surface area contributed by atoms with E-state index in [1.54, 1.807) is 19.6 Å². The van der Waals surface area contributed by atoms with Crippen molar-refractivity contribution in [2.75, 3.05) is 7.11 Å². The Bertz CT molecular complexity index is 426. The first-order valence-corrected chi connectivity index (χ1v) is 4.07. The van der Waals surface area contributed by atoms with Crippen LogP contribution < -0.4 is 0 Å². The molecule has 0 saturated carbocycles. The van der Waals surface area contributed by atoms with Crippen LogP contribution in [0.4, 0.5) is 0 Å². The quantitative estimate of drug-likeness (QED) is 0.653. The van der Waals surface area contributed by atoms with Gasteiger partial charge in [-0.3, -0.25) is 0 Å². The van der Waals surface area contributed by atoms with Crippen molar-refractivity contribution in [3.8, 4) is 0 Å². The lowest BCUT2D eigenvalue weighted by Gasteiger charge is -1.88. The summed E-state index contributed by atoms with van der Waals surface area (Å²) >= 11 is 0. The van der Waals surface area contributed by atoms with Gasteiger partial charge in [0.15, 0.2) is 0 Å². The van der Waals surface area contributed by atoms with Crippen LogP contribution in [0.3, 0.4) is 0 Å². The Kier molecular flexibility index (Phi) is 2.04. The smallest absolute Gasteiger partial charge is 0.134 e. The van der Waals surface area contributed by atoms with Crippen LogP contribution in [-0.4, -0.2) is 7.11 Å². The van der Waals surface area contributed by atoms with Crippen LogP contribution in [-0.2, 0) is 4.74 Å². The van der Waals surface area contributed by atoms with Crippen LogP contribution in [0.15, 0.2) is 41.2 Å². The fourth-order valence-electron chi connectivity index (χ4n) is 1.27. The van der Waals surface area contributed by atoms with Gasteiger partial charge in [-0.2, -0.15) is 0 Å². The molecule has 1 heterocycles. The number of para-hydroxylation sites is 1. The van der Waals surface area contributed by atoms with Gasteiger partial charge in [0.1, 0.15) is 5.58 Å². The van der Waals surface area contributed by atoms with E-state index in [0.717, 1.165) is 16.5 Å². The van der Waals surface area contributed by atoms with Crippen molar-refractivity contribution in [1.29, 1.82) is 0 Å². The number of hydrogen-bond acceptors (Lipinski definition) is 2. The first-order chi connectivity index (χ1) is 6.42. The molecule has 0 bridgehead atoms. The highest BCUT2D eigenvalue weighted by atomic mass is 16.5. The highest BCUT2D eigenvalue weighted by Gasteiger charge is 2.00. The fourth-order valence-corrected chi connectivity index (χ4v) is 1.27. The van der Waals surface area contributed by atoms with Crippen molar-refractivity contribution >= 4 is 17.0 Å². The summed E-state index contributed by atoms with van der Waals surface area (Å²) < 4.78 is 10.2. The van der Waals surface area contributed by atoms with Crippen LogP contribution in [0.25, 0.3) is 17.0 Å². The molecule has 1 aromatic carbocycles. The van der Waals surface area contributed by atoms with Crippen molar-refractivity contribution in [3.05, 3.63) is 42.4 Å². The predicted octanol–water partition coefficient (Wildman–Crippen LogP) is 3.05. The molecule has 0 aliphatic rings. The summed E-state index contributed by atoms with van der Waals surface area (Å²) in [5, 5.41) is 1.11. The van der Waals surface area contributed by atoms with Gasteiger partial charge in [0.25, 0.3) is 0 Å². The maximum atomic E-state index is 5.34. The lowest BCUT2D eigenvalue weighted by molar-refractivity contribution is 0.341. The molecular formula is C11H10O2. The van der Waals surface area contributed by atoms with E-state index in [1.807, 2.05) is 30.3 Å². The molecule has 0 aliphatic heterocycles. The zero-order chi connectivity index (χ0) is 9.10. The van der Waals surface area contributed by atoms with E-state index < -0.39 is 0 Å². The number of methoxy groups -OCH3 is 1. The lowest BCUT2D eigenvalue weighted by Crippen LogP contribution is -1.68. The van der Waals surface area contributed by atoms with Gasteiger partial charge in [0.2, 0.25) is 0 Å². The average molecular weight is 174 g/mol. The van der Waals surface area contributed by atoms with Crippen LogP contribution >= 0.6 is 0 Å². The Balaban J connectivity index is 2.52. The van der Waals surface area contributed by atoms with Crippen molar-refractivity contribution in [3.63, 3.8) is 0 Å². The predicted molar refractivity (Wildman–Crippen MR) is 52.3 cm³/mol. The van der Waals surface area contributed by atoms with E-state index >= 15 is 0 Å². The van der Waals surface area contributed by atoms with Crippen LogP contribution in [0.2, 0.25) is 0 Å². The molecule has 0 atom stereocenters. The van der Waals surface area contributed by atoms with Crippen molar-refractivity contribution < 1.29 is 9.15 Å². The number of rotatable bonds is 2. The van der Waals surface area contributed by atoms with Gasteiger partial charge in [-0.25, -0.2) is 0 Å². The van der Waals surface area contributed by atoms with E-state index in [2.05, 4.69) is 0 Å². The number of ether oxygens (including phenoxy) is 1. The second-order valence-electron chi connectivity index (χ2n) is 2.73. The topological polar surface area (TPSA) is 22.4 Å². The molecule has 2 rings (SSSR count). The summed E-state index contributed by atoms with van der Waals surface area (Å²) in [6.07, 6.45) is 5.24. The third-order valence-corrected chi connectivity index (χ3v) is 1.89. The maximum Gasteiger partial charge on any atom is 0.134 e. The molecule has 2 aromatic rings. The maximum absolute atomic E-state index is 5.34. The van der Waals surface area contributed by atoms with Gasteiger partial charge in [-0.1, -0.05) is 18.2 Å². The van der Waals surface area contributed by atoms with Crippen molar-refractivity contribution in [1.82, 2.24) is 0 Å². The summed E-state index contributed by atoms with van der Waals surface area (Å²) in [7, 11) is 1.62. The average Bonchev–Trinajstić information content (AvgIpc) is 2.58. The summed E-state index contributed by atoms with van der Waals surface area (Å²) in [5.41, 5.74) is 1.94. The molecule has 0 N–H and O–H groups in total. The van der Waals surface area contributed by atoms with Crippen LogP contribution in [0.1, 0.15) is 5.56 Å². The molecule has 2 heteroatoms. The second kappa shape index (κ2) is 3.35. The van der Waals surface area contributed by atoms with Gasteiger partial charge in [0, 0.05) is 10.9 Å². The Morgan fingerprint density at radius 2 is 2.15 bits per heavy atom. The van der Waals surface area contributed by atoms with E-state index in [4.69, 9.17) is 9.15 Å². The second-order valence-corrected chi connectivity index (χ2v) is 2.73. The Morgan fingerprint density at radius 3 is 3.00 bits per heavy atom. The Hall–Kier alpha value is -1.70. The summed E-state index contributed by atoms with van der Waals surface area (Å²) in [6.45, 7) is 0. The zero-order valence-electron chi connectivity index (χ0n) is 7.36. The van der Waals surface area contributed by atoms with Gasteiger partial charge in [-0.15, -0.1) is 0 Å². The monoisotopic (exact) mass is 174 g/mol. The van der Waals surface area contributed by atoms with Crippen molar-refractivity contribution in [2.45, 2.75) is 0 Å². The molecular weight excluding hydrogens is 164 g/mol. The first kappa shape index (κ1) is 7.92. The number of hydrogen-bond donors (Lipinski definition) is 0. The first-order valence-electron chi connectivity index (χ1n) is 4.07. The van der Waals surface area contributed by atoms with E-state index in [9.17, 15) is 0 Å². The fraction of sp³-hybridized carbons (Fsp3) is 0.0909.